The summed E-state index contributed by atoms with van der Waals surface area (Å²) in [6.07, 6.45) is 1.07. The van der Waals surface area contributed by atoms with Crippen molar-refractivity contribution in [2.24, 2.45) is 0 Å². The maximum Gasteiger partial charge on any atom is 0.418 e. The van der Waals surface area contributed by atoms with Crippen LogP contribution in [0.1, 0.15) is 42.5 Å². The minimum atomic E-state index is -4.67. The van der Waals surface area contributed by atoms with E-state index < -0.39 is 27.3 Å². The molecule has 0 spiro atoms. The predicted octanol–water partition coefficient (Wildman–Crippen LogP) is 5.44. The van der Waals surface area contributed by atoms with E-state index in [-0.39, 0.29) is 39.7 Å². The fourth-order valence-corrected chi connectivity index (χ4v) is 5.90. The van der Waals surface area contributed by atoms with Crippen molar-refractivity contribution >= 4 is 27.6 Å². The first kappa shape index (κ1) is 24.2. The molecule has 36 heavy (non-hydrogen) atoms. The van der Waals surface area contributed by atoms with E-state index in [2.05, 4.69) is 9.97 Å². The number of pyridine rings is 2. The fraction of sp³-hybridized carbons (Fsp3) is 0.269. The fourth-order valence-electron chi connectivity index (χ4n) is 4.68. The Labute approximate surface area is 206 Å². The Hall–Kier alpha value is -3.53. The molecule has 1 fully saturated rings. The second kappa shape index (κ2) is 9.16. The van der Waals surface area contributed by atoms with Gasteiger partial charge in [-0.2, -0.15) is 13.2 Å². The summed E-state index contributed by atoms with van der Waals surface area (Å²) in [5.41, 5.74) is -0.507. The number of carbonyl (C=O) groups excluding carboxylic acids is 1. The lowest BCUT2D eigenvalue weighted by atomic mass is 9.98. The quantitative estimate of drug-likeness (QED) is 0.400. The largest absolute Gasteiger partial charge is 0.418 e. The molecule has 0 N–H and O–H groups in total. The first-order valence-corrected chi connectivity index (χ1v) is 13.1. The van der Waals surface area contributed by atoms with Crippen molar-refractivity contribution in [1.29, 1.82) is 0 Å². The first-order chi connectivity index (χ1) is 17.1. The van der Waals surface area contributed by atoms with Crippen LogP contribution in [-0.2, 0) is 26.6 Å². The number of nitrogens with zero attached hydrogens (tertiary/aromatic N) is 3. The van der Waals surface area contributed by atoms with Crippen LogP contribution in [0.3, 0.4) is 0 Å². The van der Waals surface area contributed by atoms with Gasteiger partial charge in [0.2, 0.25) is 15.7 Å². The lowest BCUT2D eigenvalue weighted by Gasteiger charge is -2.24. The second-order valence-electron chi connectivity index (χ2n) is 8.81. The van der Waals surface area contributed by atoms with Gasteiger partial charge in [0.05, 0.1) is 22.7 Å². The van der Waals surface area contributed by atoms with E-state index >= 15 is 0 Å². The number of aromatic nitrogens is 2. The van der Waals surface area contributed by atoms with Crippen molar-refractivity contribution < 1.29 is 26.4 Å². The van der Waals surface area contributed by atoms with Gasteiger partial charge in [-0.3, -0.25) is 14.7 Å². The van der Waals surface area contributed by atoms with Gasteiger partial charge in [-0.1, -0.05) is 42.5 Å². The number of rotatable bonds is 0. The third kappa shape index (κ3) is 4.65. The molecule has 2 aromatic heterocycles. The van der Waals surface area contributed by atoms with Crippen LogP contribution in [0.5, 0.6) is 0 Å². The average molecular weight is 514 g/mol. The number of alkyl halides is 3. The maximum absolute atomic E-state index is 13.9. The first-order valence-electron chi connectivity index (χ1n) is 11.5. The minimum absolute atomic E-state index is 0.0359. The molecule has 4 heterocycles. The Morgan fingerprint density at radius 3 is 2.56 bits per heavy atom. The monoisotopic (exact) mass is 513 g/mol. The molecule has 4 bridgehead atoms. The summed E-state index contributed by atoms with van der Waals surface area (Å²) in [6, 6.07) is 12.8. The predicted molar refractivity (Wildman–Crippen MR) is 129 cm³/mol. The van der Waals surface area contributed by atoms with Crippen LogP contribution in [0.25, 0.3) is 17.3 Å². The van der Waals surface area contributed by atoms with E-state index in [1.54, 1.807) is 41.3 Å². The minimum Gasteiger partial charge on any atom is -0.294 e. The van der Waals surface area contributed by atoms with Gasteiger partial charge >= 0.3 is 6.18 Å². The van der Waals surface area contributed by atoms with E-state index in [1.165, 1.54) is 12.1 Å². The molecule has 1 atom stereocenters. The summed E-state index contributed by atoms with van der Waals surface area (Å²) < 4.78 is 68.1. The number of hydrogen-bond acceptors (Lipinski definition) is 5. The van der Waals surface area contributed by atoms with Crippen LogP contribution in [0.15, 0.2) is 65.7 Å². The molecular weight excluding hydrogens is 491 g/mol. The summed E-state index contributed by atoms with van der Waals surface area (Å²) in [5.74, 6) is -0.498. The van der Waals surface area contributed by atoms with E-state index in [4.69, 9.17) is 0 Å². The van der Waals surface area contributed by atoms with E-state index in [9.17, 15) is 26.4 Å². The van der Waals surface area contributed by atoms with E-state index in [1.807, 2.05) is 6.08 Å². The smallest absolute Gasteiger partial charge is 0.294 e. The SMILES string of the molecule is O=C1CC[C@H]2CC/C=C/c3ccccc3-c3nc(ccc3C(F)(F)F)CS(=O)(=O)c3cccc(n3)N12. The van der Waals surface area contributed by atoms with Crippen LogP contribution >= 0.6 is 0 Å². The molecule has 10 heteroatoms. The Kier molecular flexibility index (Phi) is 6.15. The molecule has 2 aliphatic heterocycles. The molecular formula is C26H22F3N3O3S. The number of fused-ring (bicyclic) bond motifs is 8. The van der Waals surface area contributed by atoms with Crippen molar-refractivity contribution in [2.45, 2.75) is 48.7 Å². The molecule has 5 rings (SSSR count). The Balaban J connectivity index is 1.69. The maximum atomic E-state index is 13.9. The van der Waals surface area contributed by atoms with Crippen LogP contribution in [0, 0.1) is 0 Å². The topological polar surface area (TPSA) is 80.2 Å². The number of carbonyl (C=O) groups is 1. The number of hydrogen-bond donors (Lipinski definition) is 0. The van der Waals surface area contributed by atoms with Gasteiger partial charge in [0.15, 0.2) is 5.03 Å². The summed E-state index contributed by atoms with van der Waals surface area (Å²) in [7, 11) is -4.06. The standard InChI is InChI=1S/C26H22F3N3O3S/c27-26(28,29)21-14-12-18-16-36(34,35)23-11-5-10-22(31-23)32-19(13-15-24(32)33)8-3-1-6-17-7-2-4-9-20(17)25(21)30-18/h1-2,4-7,9-12,14,19H,3,8,13,15-16H2/b6-1+/t19-/m1/s1. The number of allylic oxidation sites excluding steroid dienone is 1. The molecule has 1 aromatic carbocycles. The molecule has 1 amide bonds. The molecule has 0 aliphatic carbocycles. The van der Waals surface area contributed by atoms with Gasteiger partial charge in [-0.15, -0.1) is 0 Å². The lowest BCUT2D eigenvalue weighted by Crippen LogP contribution is -2.33. The van der Waals surface area contributed by atoms with Crippen LogP contribution in [0.2, 0.25) is 0 Å². The van der Waals surface area contributed by atoms with Crippen molar-refractivity contribution in [1.82, 2.24) is 9.97 Å². The summed E-state index contributed by atoms with van der Waals surface area (Å²) in [4.78, 5) is 22.6. The van der Waals surface area contributed by atoms with Crippen molar-refractivity contribution in [3.05, 3.63) is 77.5 Å². The number of sulfone groups is 1. The zero-order valence-electron chi connectivity index (χ0n) is 19.1. The van der Waals surface area contributed by atoms with Crippen molar-refractivity contribution in [2.75, 3.05) is 4.90 Å². The molecule has 0 saturated carbocycles. The number of benzene rings is 1. The highest BCUT2D eigenvalue weighted by molar-refractivity contribution is 7.90. The van der Waals surface area contributed by atoms with Crippen molar-refractivity contribution in [3.63, 3.8) is 0 Å². The van der Waals surface area contributed by atoms with Gasteiger partial charge in [0.1, 0.15) is 5.82 Å². The highest BCUT2D eigenvalue weighted by atomic mass is 32.2. The molecule has 2 aliphatic rings. The Bertz CT molecular complexity index is 1470. The molecule has 6 nitrogen and oxygen atoms in total. The summed E-state index contributed by atoms with van der Waals surface area (Å²) in [6.45, 7) is 0. The molecule has 3 aromatic rings. The molecule has 186 valence electrons. The summed E-state index contributed by atoms with van der Waals surface area (Å²) in [5, 5.41) is -0.255. The van der Waals surface area contributed by atoms with Gasteiger partial charge in [-0.25, -0.2) is 13.4 Å². The van der Waals surface area contributed by atoms with Gasteiger partial charge in [0.25, 0.3) is 0 Å². The lowest BCUT2D eigenvalue weighted by molar-refractivity contribution is -0.137. The number of amides is 1. The zero-order chi connectivity index (χ0) is 25.5. The molecule has 0 radical (unpaired) electrons. The highest BCUT2D eigenvalue weighted by Gasteiger charge is 2.36. The van der Waals surface area contributed by atoms with Gasteiger partial charge in [-0.05, 0) is 49.1 Å². The van der Waals surface area contributed by atoms with Gasteiger partial charge < -0.3 is 0 Å². The molecule has 1 saturated heterocycles. The van der Waals surface area contributed by atoms with E-state index in [0.717, 1.165) is 12.1 Å². The molecule has 0 unspecified atom stereocenters. The highest BCUT2D eigenvalue weighted by Crippen LogP contribution is 2.38. The zero-order valence-corrected chi connectivity index (χ0v) is 19.9. The second-order valence-corrected chi connectivity index (χ2v) is 10.7. The summed E-state index contributed by atoms with van der Waals surface area (Å²) >= 11 is 0. The number of halogens is 3. The van der Waals surface area contributed by atoms with Crippen molar-refractivity contribution in [3.8, 4) is 11.3 Å². The van der Waals surface area contributed by atoms with E-state index in [0.29, 0.717) is 31.2 Å². The Morgan fingerprint density at radius 2 is 1.75 bits per heavy atom. The van der Waals surface area contributed by atoms with Gasteiger partial charge in [0, 0.05) is 18.0 Å². The van der Waals surface area contributed by atoms with Crippen LogP contribution in [-0.4, -0.2) is 30.3 Å². The van der Waals surface area contributed by atoms with Crippen LogP contribution < -0.4 is 4.90 Å². The Morgan fingerprint density at radius 1 is 0.944 bits per heavy atom. The van der Waals surface area contributed by atoms with Crippen LogP contribution in [0.4, 0.5) is 19.0 Å². The third-order valence-electron chi connectivity index (χ3n) is 6.38. The number of anilines is 1. The average Bonchev–Trinajstić information content (AvgIpc) is 3.21. The normalized spacial score (nSPS) is 20.5. The third-order valence-corrected chi connectivity index (χ3v) is 7.92.